The Morgan fingerprint density at radius 3 is 2.41 bits per heavy atom. The molecular weight excluding hydrogens is 468 g/mol. The molecule has 2 aromatic rings. The number of carbonyl (C=O) groups excluding carboxylic acids is 3. The molecule has 0 radical (unpaired) electrons. The number of rotatable bonds is 13. The van der Waals surface area contributed by atoms with Gasteiger partial charge in [-0.1, -0.05) is 68.7 Å². The summed E-state index contributed by atoms with van der Waals surface area (Å²) in [6.07, 6.45) is 4.31. The van der Waals surface area contributed by atoms with Gasteiger partial charge < -0.3 is 19.7 Å². The molecule has 3 rings (SSSR count). The number of esters is 1. The zero-order valence-corrected chi connectivity index (χ0v) is 22.1. The summed E-state index contributed by atoms with van der Waals surface area (Å²) >= 11 is 0. The van der Waals surface area contributed by atoms with Crippen LogP contribution in [0.15, 0.2) is 65.9 Å². The first kappa shape index (κ1) is 28.0. The molecule has 198 valence electrons. The van der Waals surface area contributed by atoms with Crippen LogP contribution >= 0.6 is 0 Å². The van der Waals surface area contributed by atoms with Gasteiger partial charge in [0, 0.05) is 24.6 Å². The van der Waals surface area contributed by atoms with E-state index in [1.807, 2.05) is 54.6 Å². The molecule has 0 bridgehead atoms. The Kier molecular flexibility index (Phi) is 10.7. The average Bonchev–Trinajstić information content (AvgIpc) is 2.90. The highest BCUT2D eigenvalue weighted by Gasteiger charge is 2.37. The van der Waals surface area contributed by atoms with Gasteiger partial charge in [-0.2, -0.15) is 0 Å². The molecule has 2 amide bonds. The first-order valence-corrected chi connectivity index (χ1v) is 13.2. The van der Waals surface area contributed by atoms with Crippen molar-refractivity contribution in [3.05, 3.63) is 77.0 Å². The van der Waals surface area contributed by atoms with Crippen LogP contribution in [0, 0.1) is 0 Å². The van der Waals surface area contributed by atoms with Crippen LogP contribution < -0.4 is 10.1 Å². The fraction of sp³-hybridized carbons (Fsp3) is 0.433. The highest BCUT2D eigenvalue weighted by atomic mass is 16.5. The minimum Gasteiger partial charge on any atom is -0.489 e. The van der Waals surface area contributed by atoms with E-state index in [1.54, 1.807) is 13.8 Å². The summed E-state index contributed by atoms with van der Waals surface area (Å²) < 4.78 is 11.2. The Labute approximate surface area is 219 Å². The third-order valence-electron chi connectivity index (χ3n) is 6.50. The van der Waals surface area contributed by atoms with Crippen molar-refractivity contribution in [3.8, 4) is 5.75 Å². The number of carbonyl (C=O) groups is 3. The SMILES string of the molecule is CCCCCCNC(=O)CN1C(=O)CC(c2ccc(OCc3ccccc3)cc2)C(C(=O)OCC)=C1C. The molecule has 0 fully saturated rings. The molecule has 0 saturated carbocycles. The van der Waals surface area contributed by atoms with Gasteiger partial charge in [0.2, 0.25) is 11.8 Å². The van der Waals surface area contributed by atoms with Gasteiger partial charge in [-0.05, 0) is 43.5 Å². The zero-order valence-electron chi connectivity index (χ0n) is 22.1. The maximum Gasteiger partial charge on any atom is 0.336 e. The Balaban J connectivity index is 1.74. The van der Waals surface area contributed by atoms with Crippen LogP contribution in [-0.4, -0.2) is 42.4 Å². The fourth-order valence-electron chi connectivity index (χ4n) is 4.48. The van der Waals surface area contributed by atoms with Gasteiger partial charge in [-0.25, -0.2) is 4.79 Å². The lowest BCUT2D eigenvalue weighted by molar-refractivity contribution is -0.141. The van der Waals surface area contributed by atoms with Crippen molar-refractivity contribution in [1.29, 1.82) is 0 Å². The quantitative estimate of drug-likeness (QED) is 0.301. The average molecular weight is 507 g/mol. The lowest BCUT2D eigenvalue weighted by Gasteiger charge is -2.34. The van der Waals surface area contributed by atoms with Crippen molar-refractivity contribution >= 4 is 17.8 Å². The molecule has 0 spiro atoms. The molecule has 7 heteroatoms. The second-order valence-corrected chi connectivity index (χ2v) is 9.21. The molecule has 1 atom stereocenters. The molecule has 0 aromatic heterocycles. The first-order chi connectivity index (χ1) is 17.9. The van der Waals surface area contributed by atoms with E-state index < -0.39 is 11.9 Å². The molecule has 1 heterocycles. The van der Waals surface area contributed by atoms with E-state index in [-0.39, 0.29) is 31.4 Å². The Bertz CT molecular complexity index is 1080. The van der Waals surface area contributed by atoms with Crippen molar-refractivity contribution < 1.29 is 23.9 Å². The van der Waals surface area contributed by atoms with E-state index >= 15 is 0 Å². The highest BCUT2D eigenvalue weighted by Crippen LogP contribution is 2.37. The van der Waals surface area contributed by atoms with Crippen molar-refractivity contribution in [3.63, 3.8) is 0 Å². The third kappa shape index (κ3) is 7.94. The number of hydrogen-bond donors (Lipinski definition) is 1. The normalized spacial score (nSPS) is 15.5. The van der Waals surface area contributed by atoms with Gasteiger partial charge in [0.25, 0.3) is 0 Å². The lowest BCUT2D eigenvalue weighted by atomic mass is 9.83. The zero-order chi connectivity index (χ0) is 26.6. The van der Waals surface area contributed by atoms with Crippen LogP contribution in [0.3, 0.4) is 0 Å². The molecule has 1 aliphatic rings. The minimum atomic E-state index is -0.466. The largest absolute Gasteiger partial charge is 0.489 e. The van der Waals surface area contributed by atoms with Crippen molar-refractivity contribution in [2.24, 2.45) is 0 Å². The summed E-state index contributed by atoms with van der Waals surface area (Å²) in [6.45, 7) is 6.74. The summed E-state index contributed by atoms with van der Waals surface area (Å²) in [6, 6.07) is 17.3. The number of nitrogens with one attached hydrogen (secondary N) is 1. The molecule has 7 nitrogen and oxygen atoms in total. The van der Waals surface area contributed by atoms with Crippen LogP contribution in [0.4, 0.5) is 0 Å². The van der Waals surface area contributed by atoms with E-state index in [1.165, 1.54) is 4.90 Å². The lowest BCUT2D eigenvalue weighted by Crippen LogP contribution is -2.44. The van der Waals surface area contributed by atoms with Crippen LogP contribution in [0.5, 0.6) is 5.75 Å². The van der Waals surface area contributed by atoms with Gasteiger partial charge in [-0.3, -0.25) is 9.59 Å². The molecule has 1 unspecified atom stereocenters. The van der Waals surface area contributed by atoms with E-state index in [4.69, 9.17) is 9.47 Å². The van der Waals surface area contributed by atoms with Gasteiger partial charge in [0.05, 0.1) is 12.2 Å². The summed E-state index contributed by atoms with van der Waals surface area (Å²) in [7, 11) is 0. The fourth-order valence-corrected chi connectivity index (χ4v) is 4.48. The van der Waals surface area contributed by atoms with Crippen LogP contribution in [0.2, 0.25) is 0 Å². The molecule has 1 aliphatic heterocycles. The molecule has 37 heavy (non-hydrogen) atoms. The molecule has 0 aliphatic carbocycles. The maximum absolute atomic E-state index is 13.1. The van der Waals surface area contributed by atoms with Gasteiger partial charge in [0.15, 0.2) is 0 Å². The molecule has 2 aromatic carbocycles. The predicted molar refractivity (Wildman–Crippen MR) is 143 cm³/mol. The third-order valence-corrected chi connectivity index (χ3v) is 6.50. The number of amides is 2. The number of nitrogens with zero attached hydrogens (tertiary/aromatic N) is 1. The highest BCUT2D eigenvalue weighted by molar-refractivity contribution is 5.97. The van der Waals surface area contributed by atoms with E-state index in [0.29, 0.717) is 30.2 Å². The molecule has 1 N–H and O–H groups in total. The minimum absolute atomic E-state index is 0.0828. The molecule has 0 saturated heterocycles. The number of allylic oxidation sites excluding steroid dienone is 1. The monoisotopic (exact) mass is 506 g/mol. The van der Waals surface area contributed by atoms with E-state index in [2.05, 4.69) is 12.2 Å². The topological polar surface area (TPSA) is 84.9 Å². The summed E-state index contributed by atoms with van der Waals surface area (Å²) in [5.74, 6) is -0.646. The van der Waals surface area contributed by atoms with Crippen molar-refractivity contribution in [2.45, 2.75) is 65.4 Å². The number of benzene rings is 2. The second kappa shape index (κ2) is 14.2. The van der Waals surface area contributed by atoms with E-state index in [0.717, 1.165) is 36.8 Å². The predicted octanol–water partition coefficient (Wildman–Crippen LogP) is 5.12. The number of hydrogen-bond acceptors (Lipinski definition) is 5. The number of unbranched alkanes of at least 4 members (excludes halogenated alkanes) is 3. The van der Waals surface area contributed by atoms with Gasteiger partial charge in [-0.15, -0.1) is 0 Å². The molecular formula is C30H38N2O5. The number of ether oxygens (including phenoxy) is 2. The van der Waals surface area contributed by atoms with Crippen molar-refractivity contribution in [2.75, 3.05) is 19.7 Å². The maximum atomic E-state index is 13.1. The van der Waals surface area contributed by atoms with Crippen molar-refractivity contribution in [1.82, 2.24) is 10.2 Å². The smallest absolute Gasteiger partial charge is 0.336 e. The Morgan fingerprint density at radius 2 is 1.73 bits per heavy atom. The summed E-state index contributed by atoms with van der Waals surface area (Å²) in [4.78, 5) is 40.0. The Morgan fingerprint density at radius 1 is 1.00 bits per heavy atom. The second-order valence-electron chi connectivity index (χ2n) is 9.21. The van der Waals surface area contributed by atoms with Gasteiger partial charge in [0.1, 0.15) is 18.9 Å². The standard InChI is InChI=1S/C30H38N2O5/c1-4-6-7-11-18-31-27(33)20-32-22(3)29(30(35)36-5-2)26(19-28(32)34)24-14-16-25(17-15-24)37-21-23-12-9-8-10-13-23/h8-10,12-17,26H,4-7,11,18-21H2,1-3H3,(H,31,33). The van der Waals surface area contributed by atoms with E-state index in [9.17, 15) is 14.4 Å². The summed E-state index contributed by atoms with van der Waals surface area (Å²) in [5, 5.41) is 2.89. The summed E-state index contributed by atoms with van der Waals surface area (Å²) in [5.41, 5.74) is 2.76. The van der Waals surface area contributed by atoms with Crippen LogP contribution in [0.25, 0.3) is 0 Å². The van der Waals surface area contributed by atoms with Gasteiger partial charge >= 0.3 is 5.97 Å². The first-order valence-electron chi connectivity index (χ1n) is 13.2. The van der Waals surface area contributed by atoms with Crippen LogP contribution in [0.1, 0.15) is 69.9 Å². The Hall–Kier alpha value is -3.61. The van der Waals surface area contributed by atoms with Crippen LogP contribution in [-0.2, 0) is 25.7 Å².